The molecule has 0 saturated carbocycles. The number of para-hydroxylation sites is 1. The summed E-state index contributed by atoms with van der Waals surface area (Å²) in [6.07, 6.45) is 0.908. The van der Waals surface area contributed by atoms with Gasteiger partial charge in [-0.1, -0.05) is 36.2 Å². The highest BCUT2D eigenvalue weighted by Gasteiger charge is 2.10. The molecule has 0 fully saturated rings. The van der Waals surface area contributed by atoms with Crippen LogP contribution < -0.4 is 11.1 Å². The van der Waals surface area contributed by atoms with Crippen LogP contribution in [0.1, 0.15) is 13.3 Å². The van der Waals surface area contributed by atoms with Crippen molar-refractivity contribution in [2.45, 2.75) is 19.4 Å². The third-order valence-corrected chi connectivity index (χ3v) is 4.08. The van der Waals surface area contributed by atoms with Crippen molar-refractivity contribution in [3.63, 3.8) is 0 Å². The Balaban J connectivity index is 2.45. The lowest BCUT2D eigenvalue weighted by atomic mass is 10.3. The van der Waals surface area contributed by atoms with Gasteiger partial charge in [0.15, 0.2) is 0 Å². The molecule has 0 radical (unpaired) electrons. The van der Waals surface area contributed by atoms with Crippen molar-refractivity contribution in [1.29, 1.82) is 0 Å². The van der Waals surface area contributed by atoms with Crippen LogP contribution in [0.2, 0.25) is 10.0 Å². The number of anilines is 1. The zero-order chi connectivity index (χ0) is 13.5. The van der Waals surface area contributed by atoms with Gasteiger partial charge in [0.05, 0.1) is 21.5 Å². The van der Waals surface area contributed by atoms with Gasteiger partial charge in [-0.05, 0) is 18.6 Å². The standard InChI is InChI=1S/C12H16Cl2N2OS/c1-2-8(15)6-18-7-11(17)16-12-9(13)4-3-5-10(12)14/h3-5,8H,2,6-7,15H2,1H3,(H,16,17). The van der Waals surface area contributed by atoms with Gasteiger partial charge in [0.2, 0.25) is 5.91 Å². The molecule has 1 aromatic rings. The predicted octanol–water partition coefficient (Wildman–Crippen LogP) is 3.40. The molecule has 0 aliphatic heterocycles. The Bertz CT molecular complexity index is 395. The van der Waals surface area contributed by atoms with Gasteiger partial charge in [0.25, 0.3) is 0 Å². The van der Waals surface area contributed by atoms with Crippen LogP contribution in [-0.4, -0.2) is 23.5 Å². The van der Waals surface area contributed by atoms with E-state index < -0.39 is 0 Å². The largest absolute Gasteiger partial charge is 0.327 e. The van der Waals surface area contributed by atoms with Crippen LogP contribution in [0.3, 0.4) is 0 Å². The summed E-state index contributed by atoms with van der Waals surface area (Å²) in [6.45, 7) is 2.02. The van der Waals surface area contributed by atoms with Crippen LogP contribution in [0.4, 0.5) is 5.69 Å². The third-order valence-electron chi connectivity index (χ3n) is 2.32. The Morgan fingerprint density at radius 3 is 2.61 bits per heavy atom. The van der Waals surface area contributed by atoms with Gasteiger partial charge >= 0.3 is 0 Å². The van der Waals surface area contributed by atoms with Crippen molar-refractivity contribution < 1.29 is 4.79 Å². The first-order chi connectivity index (χ1) is 8.54. The number of carbonyl (C=O) groups excluding carboxylic acids is 1. The fourth-order valence-electron chi connectivity index (χ4n) is 1.21. The molecule has 0 aliphatic rings. The molecule has 0 aliphatic carbocycles. The van der Waals surface area contributed by atoms with Gasteiger partial charge in [-0.3, -0.25) is 4.79 Å². The highest BCUT2D eigenvalue weighted by molar-refractivity contribution is 8.00. The topological polar surface area (TPSA) is 55.1 Å². The Morgan fingerprint density at radius 2 is 2.06 bits per heavy atom. The molecule has 0 bridgehead atoms. The van der Waals surface area contributed by atoms with Gasteiger partial charge < -0.3 is 11.1 Å². The monoisotopic (exact) mass is 306 g/mol. The maximum Gasteiger partial charge on any atom is 0.234 e. The van der Waals surface area contributed by atoms with E-state index in [2.05, 4.69) is 5.32 Å². The Hall–Kier alpha value is -0.420. The van der Waals surface area contributed by atoms with E-state index in [0.717, 1.165) is 12.2 Å². The number of thioether (sulfide) groups is 1. The van der Waals surface area contributed by atoms with E-state index in [1.807, 2.05) is 6.92 Å². The minimum Gasteiger partial charge on any atom is -0.327 e. The number of rotatable bonds is 6. The first-order valence-electron chi connectivity index (χ1n) is 5.61. The average molecular weight is 307 g/mol. The lowest BCUT2D eigenvalue weighted by Crippen LogP contribution is -2.23. The fraction of sp³-hybridized carbons (Fsp3) is 0.417. The molecule has 1 unspecified atom stereocenters. The van der Waals surface area contributed by atoms with Crippen molar-refractivity contribution in [2.75, 3.05) is 16.8 Å². The highest BCUT2D eigenvalue weighted by Crippen LogP contribution is 2.29. The van der Waals surface area contributed by atoms with E-state index in [4.69, 9.17) is 28.9 Å². The zero-order valence-corrected chi connectivity index (χ0v) is 12.4. The number of hydrogen-bond acceptors (Lipinski definition) is 3. The number of hydrogen-bond donors (Lipinski definition) is 2. The quantitative estimate of drug-likeness (QED) is 0.847. The predicted molar refractivity (Wildman–Crippen MR) is 80.7 cm³/mol. The molecule has 1 amide bonds. The van der Waals surface area contributed by atoms with E-state index in [9.17, 15) is 4.79 Å². The molecular formula is C12H16Cl2N2OS. The van der Waals surface area contributed by atoms with E-state index >= 15 is 0 Å². The number of benzene rings is 1. The van der Waals surface area contributed by atoms with Crippen LogP contribution in [0, 0.1) is 0 Å². The van der Waals surface area contributed by atoms with E-state index in [0.29, 0.717) is 21.5 Å². The maximum absolute atomic E-state index is 11.7. The summed E-state index contributed by atoms with van der Waals surface area (Å²) in [7, 11) is 0. The lowest BCUT2D eigenvalue weighted by Gasteiger charge is -2.10. The smallest absolute Gasteiger partial charge is 0.234 e. The van der Waals surface area contributed by atoms with Crippen molar-refractivity contribution in [3.05, 3.63) is 28.2 Å². The Kier molecular flexibility index (Phi) is 6.86. The van der Waals surface area contributed by atoms with Crippen LogP contribution in [0.15, 0.2) is 18.2 Å². The first kappa shape index (κ1) is 15.6. The Labute approximate surface area is 121 Å². The van der Waals surface area contributed by atoms with Gasteiger partial charge in [-0.2, -0.15) is 11.8 Å². The second-order valence-corrected chi connectivity index (χ2v) is 5.67. The van der Waals surface area contributed by atoms with Crippen molar-refractivity contribution in [2.24, 2.45) is 5.73 Å². The molecule has 1 atom stereocenters. The molecule has 0 aromatic heterocycles. The summed E-state index contributed by atoms with van der Waals surface area (Å²) in [5.74, 6) is 0.980. The molecule has 100 valence electrons. The molecule has 3 N–H and O–H groups in total. The maximum atomic E-state index is 11.7. The number of nitrogens with one attached hydrogen (secondary N) is 1. The highest BCUT2D eigenvalue weighted by atomic mass is 35.5. The van der Waals surface area contributed by atoms with Crippen molar-refractivity contribution in [1.82, 2.24) is 0 Å². The second kappa shape index (κ2) is 7.89. The third kappa shape index (κ3) is 5.06. The number of carbonyl (C=O) groups is 1. The molecule has 0 heterocycles. The average Bonchev–Trinajstić information content (AvgIpc) is 2.34. The molecule has 6 heteroatoms. The minimum absolute atomic E-state index is 0.127. The summed E-state index contributed by atoms with van der Waals surface area (Å²) in [5, 5.41) is 3.58. The summed E-state index contributed by atoms with van der Waals surface area (Å²) >= 11 is 13.4. The lowest BCUT2D eigenvalue weighted by molar-refractivity contribution is -0.113. The summed E-state index contributed by atoms with van der Waals surface area (Å²) in [6, 6.07) is 5.23. The van der Waals surface area contributed by atoms with E-state index in [1.165, 1.54) is 11.8 Å². The van der Waals surface area contributed by atoms with Gasteiger partial charge in [-0.15, -0.1) is 0 Å². The SMILES string of the molecule is CCC(N)CSCC(=O)Nc1c(Cl)cccc1Cl. The zero-order valence-electron chi connectivity index (χ0n) is 10.1. The Morgan fingerprint density at radius 1 is 1.44 bits per heavy atom. The number of nitrogens with two attached hydrogens (primary N) is 1. The molecule has 1 aromatic carbocycles. The molecule has 18 heavy (non-hydrogen) atoms. The van der Waals surface area contributed by atoms with E-state index in [1.54, 1.807) is 18.2 Å². The van der Waals surface area contributed by atoms with Gasteiger partial charge in [-0.25, -0.2) is 0 Å². The first-order valence-corrected chi connectivity index (χ1v) is 7.52. The van der Waals surface area contributed by atoms with E-state index in [-0.39, 0.29) is 11.9 Å². The van der Waals surface area contributed by atoms with Crippen LogP contribution >= 0.6 is 35.0 Å². The molecule has 0 spiro atoms. The van der Waals surface area contributed by atoms with Crippen LogP contribution in [0.25, 0.3) is 0 Å². The number of amides is 1. The second-order valence-electron chi connectivity index (χ2n) is 3.83. The van der Waals surface area contributed by atoms with Crippen molar-refractivity contribution >= 4 is 46.6 Å². The molecule has 0 saturated heterocycles. The summed E-state index contributed by atoms with van der Waals surface area (Å²) in [5.41, 5.74) is 6.23. The molecular weight excluding hydrogens is 291 g/mol. The van der Waals surface area contributed by atoms with Gasteiger partial charge in [0, 0.05) is 11.8 Å². The molecule has 3 nitrogen and oxygen atoms in total. The fourth-order valence-corrected chi connectivity index (χ4v) is 2.62. The van der Waals surface area contributed by atoms with Crippen LogP contribution in [-0.2, 0) is 4.79 Å². The van der Waals surface area contributed by atoms with Crippen molar-refractivity contribution in [3.8, 4) is 0 Å². The minimum atomic E-state index is -0.127. The van der Waals surface area contributed by atoms with Gasteiger partial charge in [0.1, 0.15) is 0 Å². The normalized spacial score (nSPS) is 12.2. The molecule has 1 rings (SSSR count). The van der Waals surface area contributed by atoms with Crippen LogP contribution in [0.5, 0.6) is 0 Å². The summed E-state index contributed by atoms with van der Waals surface area (Å²) in [4.78, 5) is 11.7. The number of halogens is 2. The summed E-state index contributed by atoms with van der Waals surface area (Å²) < 4.78 is 0.